The second kappa shape index (κ2) is 7.85. The summed E-state index contributed by atoms with van der Waals surface area (Å²) in [5, 5.41) is 0. The Kier molecular flexibility index (Phi) is 5.84. The summed E-state index contributed by atoms with van der Waals surface area (Å²) in [4.78, 5) is 14.8. The van der Waals surface area contributed by atoms with Gasteiger partial charge in [-0.1, -0.05) is 22.0 Å². The van der Waals surface area contributed by atoms with Gasteiger partial charge in [-0.15, -0.1) is 0 Å². The maximum absolute atomic E-state index is 12.9. The molecule has 3 rings (SSSR count). The Balaban J connectivity index is 1.80. The normalized spacial score (nSPS) is 19.3. The standard InChI is InChI=1S/C20H23BrN2O4S/c1-14-12-23(13-20(2,3)27-14)19(24)15-5-4-6-17(11-15)22-28(25,26)18-9-7-16(21)8-10-18/h4-11,14,22H,12-13H2,1-3H3. The summed E-state index contributed by atoms with van der Waals surface area (Å²) in [6, 6.07) is 12.9. The topological polar surface area (TPSA) is 75.7 Å². The molecule has 1 fully saturated rings. The van der Waals surface area contributed by atoms with E-state index in [1.165, 1.54) is 12.1 Å². The fraction of sp³-hybridized carbons (Fsp3) is 0.350. The van der Waals surface area contributed by atoms with Crippen molar-refractivity contribution in [3.05, 3.63) is 58.6 Å². The average Bonchev–Trinajstić information content (AvgIpc) is 2.59. The first kappa shape index (κ1) is 20.8. The van der Waals surface area contributed by atoms with Crippen molar-refractivity contribution in [2.75, 3.05) is 17.8 Å². The van der Waals surface area contributed by atoms with Crippen LogP contribution < -0.4 is 4.72 Å². The van der Waals surface area contributed by atoms with Crippen molar-refractivity contribution in [1.29, 1.82) is 0 Å². The van der Waals surface area contributed by atoms with Gasteiger partial charge in [0.1, 0.15) is 0 Å². The molecule has 0 bridgehead atoms. The number of carbonyl (C=O) groups excluding carboxylic acids is 1. The first-order valence-corrected chi connectivity index (χ1v) is 11.2. The van der Waals surface area contributed by atoms with E-state index in [2.05, 4.69) is 20.7 Å². The molecular weight excluding hydrogens is 444 g/mol. The Labute approximate surface area is 174 Å². The molecule has 1 amide bonds. The van der Waals surface area contributed by atoms with Crippen molar-refractivity contribution in [1.82, 2.24) is 4.90 Å². The number of morpholine rings is 1. The van der Waals surface area contributed by atoms with Crippen molar-refractivity contribution in [2.45, 2.75) is 37.4 Å². The van der Waals surface area contributed by atoms with Gasteiger partial charge in [-0.2, -0.15) is 0 Å². The highest BCUT2D eigenvalue weighted by atomic mass is 79.9. The molecule has 0 aromatic heterocycles. The smallest absolute Gasteiger partial charge is 0.261 e. The van der Waals surface area contributed by atoms with Gasteiger partial charge in [0.05, 0.1) is 16.6 Å². The summed E-state index contributed by atoms with van der Waals surface area (Å²) in [5.74, 6) is -0.145. The minimum absolute atomic E-state index is 0.0632. The van der Waals surface area contributed by atoms with E-state index in [4.69, 9.17) is 4.74 Å². The molecule has 1 N–H and O–H groups in total. The fourth-order valence-electron chi connectivity index (χ4n) is 3.33. The third kappa shape index (κ3) is 4.92. The maximum atomic E-state index is 12.9. The Morgan fingerprint density at radius 2 is 1.89 bits per heavy atom. The second-order valence-corrected chi connectivity index (χ2v) is 10.1. The van der Waals surface area contributed by atoms with Gasteiger partial charge in [0.15, 0.2) is 0 Å². The molecular formula is C20H23BrN2O4S. The van der Waals surface area contributed by atoms with Crippen LogP contribution in [0.15, 0.2) is 57.9 Å². The van der Waals surface area contributed by atoms with Crippen molar-refractivity contribution >= 4 is 37.5 Å². The lowest BCUT2D eigenvalue weighted by Crippen LogP contribution is -2.53. The predicted molar refractivity (Wildman–Crippen MR) is 112 cm³/mol. The van der Waals surface area contributed by atoms with Gasteiger partial charge >= 0.3 is 0 Å². The number of nitrogens with zero attached hydrogens (tertiary/aromatic N) is 1. The largest absolute Gasteiger partial charge is 0.369 e. The molecule has 1 heterocycles. The fourth-order valence-corrected chi connectivity index (χ4v) is 4.65. The third-order valence-electron chi connectivity index (χ3n) is 4.34. The van der Waals surface area contributed by atoms with E-state index in [0.717, 1.165) is 4.47 Å². The molecule has 0 aliphatic carbocycles. The molecule has 1 atom stereocenters. The Morgan fingerprint density at radius 3 is 2.54 bits per heavy atom. The lowest BCUT2D eigenvalue weighted by Gasteiger charge is -2.41. The molecule has 28 heavy (non-hydrogen) atoms. The molecule has 150 valence electrons. The minimum Gasteiger partial charge on any atom is -0.369 e. The summed E-state index contributed by atoms with van der Waals surface area (Å²) >= 11 is 3.29. The van der Waals surface area contributed by atoms with Gasteiger partial charge in [-0.25, -0.2) is 8.42 Å². The second-order valence-electron chi connectivity index (χ2n) is 7.51. The van der Waals surface area contributed by atoms with Gasteiger partial charge in [0, 0.05) is 28.8 Å². The van der Waals surface area contributed by atoms with Crippen LogP contribution in [0.4, 0.5) is 5.69 Å². The molecule has 0 saturated carbocycles. The van der Waals surface area contributed by atoms with E-state index in [1.54, 1.807) is 41.3 Å². The highest BCUT2D eigenvalue weighted by molar-refractivity contribution is 9.10. The zero-order chi connectivity index (χ0) is 20.5. The lowest BCUT2D eigenvalue weighted by molar-refractivity contribution is -0.118. The number of sulfonamides is 1. The SMILES string of the molecule is CC1CN(C(=O)c2cccc(NS(=O)(=O)c3ccc(Br)cc3)c2)CC(C)(C)O1. The van der Waals surface area contributed by atoms with E-state index in [0.29, 0.717) is 24.3 Å². The predicted octanol–water partition coefficient (Wildman–Crippen LogP) is 3.89. The number of ether oxygens (including phenoxy) is 1. The van der Waals surface area contributed by atoms with E-state index in [1.807, 2.05) is 20.8 Å². The molecule has 1 unspecified atom stereocenters. The molecule has 1 saturated heterocycles. The van der Waals surface area contributed by atoms with Crippen LogP contribution in [-0.4, -0.2) is 44.0 Å². The zero-order valence-electron chi connectivity index (χ0n) is 16.0. The number of benzene rings is 2. The molecule has 1 aliphatic heterocycles. The first-order valence-electron chi connectivity index (χ1n) is 8.91. The average molecular weight is 467 g/mol. The first-order chi connectivity index (χ1) is 13.1. The van der Waals surface area contributed by atoms with E-state index >= 15 is 0 Å². The number of halogens is 1. The number of amides is 1. The highest BCUT2D eigenvalue weighted by Gasteiger charge is 2.34. The molecule has 8 heteroatoms. The monoisotopic (exact) mass is 466 g/mol. The molecule has 0 spiro atoms. The van der Waals surface area contributed by atoms with Crippen molar-refractivity contribution in [2.24, 2.45) is 0 Å². The summed E-state index contributed by atoms with van der Waals surface area (Å²) in [6.45, 7) is 6.81. The van der Waals surface area contributed by atoms with Crippen LogP contribution in [-0.2, 0) is 14.8 Å². The van der Waals surface area contributed by atoms with E-state index in [9.17, 15) is 13.2 Å². The van der Waals surface area contributed by atoms with Gasteiger partial charge in [0.25, 0.3) is 15.9 Å². The van der Waals surface area contributed by atoms with E-state index in [-0.39, 0.29) is 16.9 Å². The summed E-state index contributed by atoms with van der Waals surface area (Å²) in [5.41, 5.74) is 0.351. The quantitative estimate of drug-likeness (QED) is 0.741. The Bertz CT molecular complexity index is 974. The van der Waals surface area contributed by atoms with Gasteiger partial charge in [-0.3, -0.25) is 9.52 Å². The molecule has 2 aromatic carbocycles. The van der Waals surface area contributed by atoms with Crippen LogP contribution in [0, 0.1) is 0 Å². The number of carbonyl (C=O) groups is 1. The number of hydrogen-bond donors (Lipinski definition) is 1. The van der Waals surface area contributed by atoms with Crippen molar-refractivity contribution in [3.8, 4) is 0 Å². The van der Waals surface area contributed by atoms with Gasteiger partial charge in [0.2, 0.25) is 0 Å². The maximum Gasteiger partial charge on any atom is 0.261 e. The molecule has 6 nitrogen and oxygen atoms in total. The minimum atomic E-state index is -3.74. The Hall–Kier alpha value is -1.90. The van der Waals surface area contributed by atoms with Crippen molar-refractivity contribution in [3.63, 3.8) is 0 Å². The van der Waals surface area contributed by atoms with Crippen LogP contribution in [0.2, 0.25) is 0 Å². The third-order valence-corrected chi connectivity index (χ3v) is 6.27. The van der Waals surface area contributed by atoms with Crippen LogP contribution in [0.1, 0.15) is 31.1 Å². The zero-order valence-corrected chi connectivity index (χ0v) is 18.4. The number of anilines is 1. The van der Waals surface area contributed by atoms with Crippen LogP contribution in [0.25, 0.3) is 0 Å². The summed E-state index contributed by atoms with van der Waals surface area (Å²) in [6.07, 6.45) is -0.0632. The van der Waals surface area contributed by atoms with Gasteiger partial charge < -0.3 is 9.64 Å². The van der Waals surface area contributed by atoms with Crippen LogP contribution in [0.5, 0.6) is 0 Å². The summed E-state index contributed by atoms with van der Waals surface area (Å²) in [7, 11) is -3.74. The molecule has 1 aliphatic rings. The Morgan fingerprint density at radius 1 is 1.21 bits per heavy atom. The van der Waals surface area contributed by atoms with Crippen molar-refractivity contribution < 1.29 is 17.9 Å². The lowest BCUT2D eigenvalue weighted by atomic mass is 10.0. The van der Waals surface area contributed by atoms with Crippen LogP contribution in [0.3, 0.4) is 0 Å². The molecule has 2 aromatic rings. The highest BCUT2D eigenvalue weighted by Crippen LogP contribution is 2.24. The number of hydrogen-bond acceptors (Lipinski definition) is 4. The van der Waals surface area contributed by atoms with E-state index < -0.39 is 15.6 Å². The van der Waals surface area contributed by atoms with Gasteiger partial charge in [-0.05, 0) is 63.2 Å². The number of rotatable bonds is 4. The number of nitrogens with one attached hydrogen (secondary N) is 1. The molecule has 0 radical (unpaired) electrons. The summed E-state index contributed by atoms with van der Waals surface area (Å²) < 4.78 is 34.4. The van der Waals surface area contributed by atoms with Crippen LogP contribution >= 0.6 is 15.9 Å².